The van der Waals surface area contributed by atoms with Crippen LogP contribution in [0.3, 0.4) is 0 Å². The third-order valence-corrected chi connectivity index (χ3v) is 5.00. The van der Waals surface area contributed by atoms with Crippen LogP contribution >= 0.6 is 11.3 Å². The fraction of sp³-hybridized carbons (Fsp3) is 0.800. The van der Waals surface area contributed by atoms with E-state index in [0.717, 1.165) is 25.3 Å². The van der Waals surface area contributed by atoms with E-state index in [1.54, 1.807) is 11.3 Å². The summed E-state index contributed by atoms with van der Waals surface area (Å²) in [6.07, 6.45) is 1.22. The van der Waals surface area contributed by atoms with Crippen molar-refractivity contribution in [1.29, 1.82) is 0 Å². The van der Waals surface area contributed by atoms with Crippen molar-refractivity contribution in [2.75, 3.05) is 13.1 Å². The normalized spacial score (nSPS) is 26.4. The fourth-order valence-electron chi connectivity index (χ4n) is 2.58. The average Bonchev–Trinajstić information content (AvgIpc) is 2.60. The first-order valence-corrected chi connectivity index (χ1v) is 8.12. The van der Waals surface area contributed by atoms with Crippen LogP contribution in [0.5, 0.6) is 0 Å². The average molecular weight is 281 g/mol. The molecular formula is C15H27N3S. The lowest BCUT2D eigenvalue weighted by Gasteiger charge is -2.35. The van der Waals surface area contributed by atoms with Gasteiger partial charge in [-0.25, -0.2) is 4.98 Å². The summed E-state index contributed by atoms with van der Waals surface area (Å²) in [4.78, 5) is 7.20. The Morgan fingerprint density at radius 3 is 2.79 bits per heavy atom. The molecule has 2 atom stereocenters. The van der Waals surface area contributed by atoms with Gasteiger partial charge in [-0.05, 0) is 32.2 Å². The van der Waals surface area contributed by atoms with Crippen molar-refractivity contribution in [2.45, 2.75) is 59.7 Å². The van der Waals surface area contributed by atoms with Crippen LogP contribution < -0.4 is 5.32 Å². The van der Waals surface area contributed by atoms with Gasteiger partial charge in [0.15, 0.2) is 0 Å². The minimum atomic E-state index is 0.307. The molecule has 0 spiro atoms. The quantitative estimate of drug-likeness (QED) is 0.903. The van der Waals surface area contributed by atoms with E-state index < -0.39 is 0 Å². The molecule has 1 aromatic rings. The lowest BCUT2D eigenvalue weighted by molar-refractivity contribution is 0.157. The minimum absolute atomic E-state index is 0.307. The van der Waals surface area contributed by atoms with E-state index in [-0.39, 0.29) is 0 Å². The van der Waals surface area contributed by atoms with Crippen LogP contribution in [-0.2, 0) is 6.54 Å². The van der Waals surface area contributed by atoms with E-state index in [1.807, 2.05) is 0 Å². The Balaban J connectivity index is 2.07. The van der Waals surface area contributed by atoms with Gasteiger partial charge in [-0.15, -0.1) is 11.3 Å². The molecule has 4 heteroatoms. The SMILES string of the molecule is Cc1csc(CN2CC(C(C)(C)C)NCCC2C)n1. The van der Waals surface area contributed by atoms with Crippen LogP contribution in [0.2, 0.25) is 0 Å². The molecule has 0 aromatic carbocycles. The molecule has 108 valence electrons. The van der Waals surface area contributed by atoms with Gasteiger partial charge < -0.3 is 5.32 Å². The van der Waals surface area contributed by atoms with Crippen LogP contribution in [-0.4, -0.2) is 35.1 Å². The summed E-state index contributed by atoms with van der Waals surface area (Å²) in [7, 11) is 0. The second-order valence-corrected chi connectivity index (χ2v) is 7.77. The second kappa shape index (κ2) is 5.90. The molecular weight excluding hydrogens is 254 g/mol. The zero-order valence-electron chi connectivity index (χ0n) is 12.9. The summed E-state index contributed by atoms with van der Waals surface area (Å²) in [6, 6.07) is 1.18. The van der Waals surface area contributed by atoms with Crippen LogP contribution in [0.15, 0.2) is 5.38 Å². The van der Waals surface area contributed by atoms with Crippen LogP contribution in [0, 0.1) is 12.3 Å². The molecule has 1 aliphatic heterocycles. The number of nitrogens with zero attached hydrogens (tertiary/aromatic N) is 2. The molecule has 1 aliphatic rings. The van der Waals surface area contributed by atoms with E-state index in [0.29, 0.717) is 17.5 Å². The standard InChI is InChI=1S/C15H27N3S/c1-11-10-19-14(17-11)9-18-8-13(15(3,4)5)16-7-6-12(18)2/h10,12-13,16H,6-9H2,1-5H3. The predicted molar refractivity (Wildman–Crippen MR) is 82.6 cm³/mol. The number of hydrogen-bond donors (Lipinski definition) is 1. The molecule has 0 amide bonds. The van der Waals surface area contributed by atoms with Crippen molar-refractivity contribution in [3.63, 3.8) is 0 Å². The summed E-state index contributed by atoms with van der Waals surface area (Å²) in [5, 5.41) is 7.11. The summed E-state index contributed by atoms with van der Waals surface area (Å²) in [5.74, 6) is 0. The first-order valence-electron chi connectivity index (χ1n) is 7.24. The summed E-state index contributed by atoms with van der Waals surface area (Å²) < 4.78 is 0. The van der Waals surface area contributed by atoms with Crippen molar-refractivity contribution in [1.82, 2.24) is 15.2 Å². The molecule has 0 bridgehead atoms. The maximum atomic E-state index is 4.61. The topological polar surface area (TPSA) is 28.2 Å². The molecule has 1 saturated heterocycles. The molecule has 0 radical (unpaired) electrons. The van der Waals surface area contributed by atoms with Gasteiger partial charge >= 0.3 is 0 Å². The molecule has 0 saturated carbocycles. The van der Waals surface area contributed by atoms with E-state index in [9.17, 15) is 0 Å². The monoisotopic (exact) mass is 281 g/mol. The molecule has 19 heavy (non-hydrogen) atoms. The Kier molecular flexibility index (Phi) is 4.64. The van der Waals surface area contributed by atoms with Crippen LogP contribution in [0.4, 0.5) is 0 Å². The van der Waals surface area contributed by atoms with Gasteiger partial charge in [0, 0.05) is 29.7 Å². The predicted octanol–water partition coefficient (Wildman–Crippen LogP) is 3.05. The van der Waals surface area contributed by atoms with Crippen molar-refractivity contribution in [3.8, 4) is 0 Å². The highest BCUT2D eigenvalue weighted by molar-refractivity contribution is 7.09. The molecule has 2 unspecified atom stereocenters. The van der Waals surface area contributed by atoms with E-state index in [4.69, 9.17) is 0 Å². The molecule has 2 rings (SSSR count). The number of nitrogens with one attached hydrogen (secondary N) is 1. The smallest absolute Gasteiger partial charge is 0.107 e. The van der Waals surface area contributed by atoms with E-state index >= 15 is 0 Å². The zero-order valence-corrected chi connectivity index (χ0v) is 13.7. The summed E-state index contributed by atoms with van der Waals surface area (Å²) >= 11 is 1.79. The Morgan fingerprint density at radius 2 is 2.21 bits per heavy atom. The minimum Gasteiger partial charge on any atom is -0.312 e. The van der Waals surface area contributed by atoms with Gasteiger partial charge in [-0.2, -0.15) is 0 Å². The van der Waals surface area contributed by atoms with Gasteiger partial charge in [0.05, 0.1) is 6.54 Å². The number of rotatable bonds is 2. The van der Waals surface area contributed by atoms with Gasteiger partial charge in [-0.3, -0.25) is 4.90 Å². The Morgan fingerprint density at radius 1 is 1.47 bits per heavy atom. The second-order valence-electron chi connectivity index (χ2n) is 6.82. The number of aromatic nitrogens is 1. The van der Waals surface area contributed by atoms with Crippen molar-refractivity contribution >= 4 is 11.3 Å². The lowest BCUT2D eigenvalue weighted by atomic mass is 9.86. The molecule has 0 aliphatic carbocycles. The van der Waals surface area contributed by atoms with Crippen LogP contribution in [0.25, 0.3) is 0 Å². The molecule has 2 heterocycles. The third kappa shape index (κ3) is 4.01. The van der Waals surface area contributed by atoms with Crippen molar-refractivity contribution in [2.24, 2.45) is 5.41 Å². The van der Waals surface area contributed by atoms with Crippen molar-refractivity contribution < 1.29 is 0 Å². The summed E-state index contributed by atoms with van der Waals surface area (Å²) in [5.41, 5.74) is 1.45. The highest BCUT2D eigenvalue weighted by Crippen LogP contribution is 2.24. The highest BCUT2D eigenvalue weighted by Gasteiger charge is 2.30. The van der Waals surface area contributed by atoms with E-state index in [2.05, 4.69) is 55.2 Å². The van der Waals surface area contributed by atoms with Gasteiger partial charge in [0.2, 0.25) is 0 Å². The van der Waals surface area contributed by atoms with E-state index in [1.165, 1.54) is 11.4 Å². The van der Waals surface area contributed by atoms with Crippen molar-refractivity contribution in [3.05, 3.63) is 16.1 Å². The first kappa shape index (κ1) is 14.9. The molecule has 1 N–H and O–H groups in total. The lowest BCUT2D eigenvalue weighted by Crippen LogP contribution is -2.47. The molecule has 3 nitrogen and oxygen atoms in total. The van der Waals surface area contributed by atoms with Gasteiger partial charge in [0.1, 0.15) is 5.01 Å². The number of aryl methyl sites for hydroxylation is 1. The molecule has 1 aromatic heterocycles. The zero-order chi connectivity index (χ0) is 14.0. The fourth-order valence-corrected chi connectivity index (χ4v) is 3.37. The van der Waals surface area contributed by atoms with Crippen LogP contribution in [0.1, 0.15) is 44.8 Å². The Bertz CT molecular complexity index is 408. The number of thiazole rings is 1. The Labute approximate surface area is 121 Å². The maximum Gasteiger partial charge on any atom is 0.107 e. The maximum absolute atomic E-state index is 4.61. The third-order valence-electron chi connectivity index (χ3n) is 4.04. The summed E-state index contributed by atoms with van der Waals surface area (Å²) in [6.45, 7) is 14.6. The number of hydrogen-bond acceptors (Lipinski definition) is 4. The highest BCUT2D eigenvalue weighted by atomic mass is 32.1. The Hall–Kier alpha value is -0.450. The largest absolute Gasteiger partial charge is 0.312 e. The van der Waals surface area contributed by atoms with Gasteiger partial charge in [-0.1, -0.05) is 20.8 Å². The first-order chi connectivity index (χ1) is 8.86. The molecule has 1 fully saturated rings. The van der Waals surface area contributed by atoms with Gasteiger partial charge in [0.25, 0.3) is 0 Å².